The summed E-state index contributed by atoms with van der Waals surface area (Å²) in [7, 11) is 0. The maximum absolute atomic E-state index is 11.2. The van der Waals surface area contributed by atoms with Crippen LogP contribution in [0.3, 0.4) is 0 Å². The van der Waals surface area contributed by atoms with Gasteiger partial charge in [-0.05, 0) is 25.8 Å². The number of hydrogen-bond donors (Lipinski definition) is 4. The molecule has 1 fully saturated rings. The van der Waals surface area contributed by atoms with Gasteiger partial charge in [-0.15, -0.1) is 0 Å². The third kappa shape index (κ3) is 8.77. The summed E-state index contributed by atoms with van der Waals surface area (Å²) in [4.78, 5) is 21.4. The van der Waals surface area contributed by atoms with Crippen LogP contribution in [0.1, 0.15) is 19.3 Å². The molecule has 0 unspecified atom stereocenters. The molecule has 7 heteroatoms. The zero-order chi connectivity index (χ0) is 13.2. The Kier molecular flexibility index (Phi) is 7.12. The number of urea groups is 1. The Labute approximate surface area is 106 Å². The summed E-state index contributed by atoms with van der Waals surface area (Å²) in [6, 6.07) is 0.450. The number of ether oxygens (including phenoxy) is 1. The molecule has 0 atom stereocenters. The van der Waals surface area contributed by atoms with Gasteiger partial charge in [-0.3, -0.25) is 0 Å². The molecule has 1 aliphatic carbocycles. The first-order chi connectivity index (χ1) is 8.68. The van der Waals surface area contributed by atoms with E-state index in [0.29, 0.717) is 19.1 Å². The third-order valence-electron chi connectivity index (χ3n) is 2.41. The van der Waals surface area contributed by atoms with Gasteiger partial charge in [-0.25, -0.2) is 9.59 Å². The second-order valence-corrected chi connectivity index (χ2v) is 4.21. The van der Waals surface area contributed by atoms with E-state index >= 15 is 0 Å². The van der Waals surface area contributed by atoms with Crippen LogP contribution in [-0.4, -0.2) is 56.0 Å². The third-order valence-corrected chi connectivity index (χ3v) is 2.41. The minimum Gasteiger partial charge on any atom is -0.480 e. The quantitative estimate of drug-likeness (QED) is 0.397. The van der Waals surface area contributed by atoms with Crippen LogP contribution in [0.2, 0.25) is 0 Å². The fourth-order valence-electron chi connectivity index (χ4n) is 1.34. The summed E-state index contributed by atoms with van der Waals surface area (Å²) in [6.07, 6.45) is 3.44. The number of rotatable bonds is 10. The monoisotopic (exact) mass is 259 g/mol. The van der Waals surface area contributed by atoms with Crippen LogP contribution in [0.15, 0.2) is 0 Å². The summed E-state index contributed by atoms with van der Waals surface area (Å²) in [5.74, 6) is -1.01. The predicted molar refractivity (Wildman–Crippen MR) is 65.5 cm³/mol. The number of carboxylic acids is 1. The lowest BCUT2D eigenvalue weighted by Crippen LogP contribution is -2.38. The lowest BCUT2D eigenvalue weighted by molar-refractivity contribution is -0.142. The molecule has 0 bridgehead atoms. The summed E-state index contributed by atoms with van der Waals surface area (Å²) in [6.45, 7) is 1.72. The molecule has 1 rings (SSSR count). The van der Waals surface area contributed by atoms with Crippen molar-refractivity contribution in [1.29, 1.82) is 0 Å². The maximum atomic E-state index is 11.2. The first-order valence-corrected chi connectivity index (χ1v) is 6.23. The fourth-order valence-corrected chi connectivity index (χ4v) is 1.34. The number of carboxylic acid groups (broad SMARTS) is 1. The first kappa shape index (κ1) is 14.7. The van der Waals surface area contributed by atoms with Gasteiger partial charge in [-0.2, -0.15) is 0 Å². The number of nitrogens with one attached hydrogen (secondary N) is 3. The average Bonchev–Trinajstić information content (AvgIpc) is 3.11. The van der Waals surface area contributed by atoms with Gasteiger partial charge in [0, 0.05) is 19.1 Å². The Morgan fingerprint density at radius 3 is 2.56 bits per heavy atom. The number of amides is 2. The van der Waals surface area contributed by atoms with Crippen LogP contribution >= 0.6 is 0 Å². The van der Waals surface area contributed by atoms with Gasteiger partial charge < -0.3 is 25.8 Å². The van der Waals surface area contributed by atoms with Crippen molar-refractivity contribution < 1.29 is 19.4 Å². The molecule has 0 aromatic heterocycles. The largest absolute Gasteiger partial charge is 0.480 e. The number of carbonyl (C=O) groups is 2. The van der Waals surface area contributed by atoms with E-state index in [9.17, 15) is 9.59 Å². The maximum Gasteiger partial charge on any atom is 0.329 e. The molecule has 0 radical (unpaired) electrons. The molecule has 0 aromatic carbocycles. The van der Waals surface area contributed by atoms with Crippen LogP contribution in [0.25, 0.3) is 0 Å². The Morgan fingerprint density at radius 1 is 1.17 bits per heavy atom. The van der Waals surface area contributed by atoms with Crippen LogP contribution < -0.4 is 16.0 Å². The van der Waals surface area contributed by atoms with Gasteiger partial charge in [0.15, 0.2) is 0 Å². The Hall–Kier alpha value is -1.34. The standard InChI is InChI=1S/C11H21N3O4/c15-10(16)8-18-7-6-14-11(17)13-5-1-4-12-9-2-3-9/h9,12H,1-8H2,(H,15,16)(H2,13,14,17). The second-order valence-electron chi connectivity index (χ2n) is 4.21. The Balaban J connectivity index is 1.79. The highest BCUT2D eigenvalue weighted by Gasteiger charge is 2.19. The van der Waals surface area contributed by atoms with E-state index in [1.165, 1.54) is 12.8 Å². The smallest absolute Gasteiger partial charge is 0.329 e. The van der Waals surface area contributed by atoms with Crippen molar-refractivity contribution >= 4 is 12.0 Å². The molecule has 7 nitrogen and oxygen atoms in total. The van der Waals surface area contributed by atoms with Gasteiger partial charge in [0.25, 0.3) is 0 Å². The lowest BCUT2D eigenvalue weighted by Gasteiger charge is -2.07. The number of hydrogen-bond acceptors (Lipinski definition) is 4. The number of carbonyl (C=O) groups excluding carboxylic acids is 1. The summed E-state index contributed by atoms with van der Waals surface area (Å²) in [5, 5.41) is 16.9. The Morgan fingerprint density at radius 2 is 1.89 bits per heavy atom. The van der Waals surface area contributed by atoms with Gasteiger partial charge >= 0.3 is 12.0 Å². The van der Waals surface area contributed by atoms with E-state index in [1.54, 1.807) is 0 Å². The van der Waals surface area contributed by atoms with Crippen LogP contribution in [0.4, 0.5) is 4.79 Å². The zero-order valence-electron chi connectivity index (χ0n) is 10.4. The van der Waals surface area contributed by atoms with Gasteiger partial charge in [0.1, 0.15) is 6.61 Å². The molecular weight excluding hydrogens is 238 g/mol. The first-order valence-electron chi connectivity index (χ1n) is 6.23. The minimum absolute atomic E-state index is 0.197. The summed E-state index contributed by atoms with van der Waals surface area (Å²) >= 11 is 0. The summed E-state index contributed by atoms with van der Waals surface area (Å²) in [5.41, 5.74) is 0. The SMILES string of the molecule is O=C(O)COCCNC(=O)NCCCNC1CC1. The van der Waals surface area contributed by atoms with Crippen LogP contribution in [-0.2, 0) is 9.53 Å². The van der Waals surface area contributed by atoms with Gasteiger partial charge in [-0.1, -0.05) is 0 Å². The highest BCUT2D eigenvalue weighted by atomic mass is 16.5. The van der Waals surface area contributed by atoms with E-state index in [-0.39, 0.29) is 19.2 Å². The Bertz CT molecular complexity index is 269. The summed E-state index contributed by atoms with van der Waals surface area (Å²) < 4.78 is 4.77. The lowest BCUT2D eigenvalue weighted by atomic mass is 10.4. The van der Waals surface area contributed by atoms with Crippen molar-refractivity contribution in [2.45, 2.75) is 25.3 Å². The molecule has 2 amide bonds. The molecule has 0 aliphatic heterocycles. The molecule has 1 saturated carbocycles. The van der Waals surface area contributed by atoms with Crippen molar-refractivity contribution in [2.75, 3.05) is 32.8 Å². The molecule has 0 spiro atoms. The second kappa shape index (κ2) is 8.71. The molecule has 0 heterocycles. The minimum atomic E-state index is -1.01. The molecule has 1 aliphatic rings. The average molecular weight is 259 g/mol. The van der Waals surface area contributed by atoms with E-state index in [2.05, 4.69) is 16.0 Å². The van der Waals surface area contributed by atoms with Crippen molar-refractivity contribution in [2.24, 2.45) is 0 Å². The predicted octanol–water partition coefficient (Wildman–Crippen LogP) is -0.471. The van der Waals surface area contributed by atoms with E-state index in [0.717, 1.165) is 13.0 Å². The van der Waals surface area contributed by atoms with Crippen LogP contribution in [0.5, 0.6) is 0 Å². The normalized spacial score (nSPS) is 14.2. The van der Waals surface area contributed by atoms with E-state index in [1.807, 2.05) is 0 Å². The highest BCUT2D eigenvalue weighted by molar-refractivity contribution is 5.73. The van der Waals surface area contributed by atoms with Crippen LogP contribution in [0, 0.1) is 0 Å². The molecular formula is C11H21N3O4. The van der Waals surface area contributed by atoms with Crippen molar-refractivity contribution in [3.63, 3.8) is 0 Å². The molecule has 0 aromatic rings. The van der Waals surface area contributed by atoms with Gasteiger partial charge in [0.05, 0.1) is 6.61 Å². The topological polar surface area (TPSA) is 99.7 Å². The highest BCUT2D eigenvalue weighted by Crippen LogP contribution is 2.18. The molecule has 104 valence electrons. The van der Waals surface area contributed by atoms with Crippen molar-refractivity contribution in [3.8, 4) is 0 Å². The number of aliphatic carboxylic acids is 1. The van der Waals surface area contributed by atoms with E-state index in [4.69, 9.17) is 9.84 Å². The zero-order valence-corrected chi connectivity index (χ0v) is 10.4. The molecule has 4 N–H and O–H groups in total. The fraction of sp³-hybridized carbons (Fsp3) is 0.818. The van der Waals surface area contributed by atoms with E-state index < -0.39 is 5.97 Å². The van der Waals surface area contributed by atoms with Crippen molar-refractivity contribution in [3.05, 3.63) is 0 Å². The van der Waals surface area contributed by atoms with Crippen molar-refractivity contribution in [1.82, 2.24) is 16.0 Å². The molecule has 0 saturated heterocycles. The molecule has 18 heavy (non-hydrogen) atoms. The van der Waals surface area contributed by atoms with Gasteiger partial charge in [0.2, 0.25) is 0 Å².